The lowest BCUT2D eigenvalue weighted by Crippen LogP contribution is -2.42. The van der Waals surface area contributed by atoms with Crippen molar-refractivity contribution < 1.29 is 14.2 Å². The Morgan fingerprint density at radius 2 is 2.17 bits per heavy atom. The van der Waals surface area contributed by atoms with E-state index in [9.17, 15) is 9.50 Å². The van der Waals surface area contributed by atoms with Crippen molar-refractivity contribution in [1.29, 1.82) is 0 Å². The number of halogens is 1. The van der Waals surface area contributed by atoms with E-state index in [1.807, 2.05) is 12.1 Å². The second-order valence-electron chi connectivity index (χ2n) is 5.41. The summed E-state index contributed by atoms with van der Waals surface area (Å²) in [7, 11) is 1.70. The molecular weight excluding hydrogens is 231 g/mol. The summed E-state index contributed by atoms with van der Waals surface area (Å²) in [4.78, 5) is 0. The molecule has 3 heteroatoms. The number of rotatable bonds is 3. The number of aliphatic hydroxyl groups is 1. The lowest BCUT2D eigenvalue weighted by Gasteiger charge is -2.44. The lowest BCUT2D eigenvalue weighted by atomic mass is 9.63. The van der Waals surface area contributed by atoms with Gasteiger partial charge in [-0.1, -0.05) is 25.1 Å². The summed E-state index contributed by atoms with van der Waals surface area (Å²) in [5.74, 6) is -0.123. The van der Waals surface area contributed by atoms with Crippen LogP contribution in [0.5, 0.6) is 0 Å². The molecule has 0 saturated heterocycles. The molecule has 0 bridgehead atoms. The van der Waals surface area contributed by atoms with Gasteiger partial charge in [0.1, 0.15) is 5.82 Å². The molecule has 1 N–H and O–H groups in total. The van der Waals surface area contributed by atoms with Crippen molar-refractivity contribution in [2.24, 2.45) is 5.92 Å². The van der Waals surface area contributed by atoms with E-state index in [0.717, 1.165) is 24.8 Å². The molecule has 0 amide bonds. The predicted molar refractivity (Wildman–Crippen MR) is 69.0 cm³/mol. The van der Waals surface area contributed by atoms with Crippen molar-refractivity contribution in [3.8, 4) is 0 Å². The van der Waals surface area contributed by atoms with Gasteiger partial charge in [0, 0.05) is 19.1 Å². The maximum atomic E-state index is 14.0. The van der Waals surface area contributed by atoms with E-state index in [1.165, 1.54) is 6.07 Å². The van der Waals surface area contributed by atoms with E-state index in [1.54, 1.807) is 13.2 Å². The summed E-state index contributed by atoms with van der Waals surface area (Å²) in [6, 6.07) is 6.90. The van der Waals surface area contributed by atoms with Crippen molar-refractivity contribution in [2.45, 2.75) is 37.7 Å². The summed E-state index contributed by atoms with van der Waals surface area (Å²) in [6.45, 7) is 2.13. The number of methoxy groups -OCH3 is 1. The van der Waals surface area contributed by atoms with Crippen LogP contribution >= 0.6 is 0 Å². The van der Waals surface area contributed by atoms with Crippen molar-refractivity contribution in [3.05, 3.63) is 35.6 Å². The third-order valence-electron chi connectivity index (χ3n) is 4.48. The molecule has 1 aromatic rings. The van der Waals surface area contributed by atoms with E-state index in [0.29, 0.717) is 0 Å². The highest BCUT2D eigenvalue weighted by atomic mass is 19.1. The molecule has 1 fully saturated rings. The van der Waals surface area contributed by atoms with Crippen LogP contribution in [0.15, 0.2) is 24.3 Å². The fraction of sp³-hybridized carbons (Fsp3) is 0.600. The first-order valence-electron chi connectivity index (χ1n) is 6.50. The van der Waals surface area contributed by atoms with Gasteiger partial charge < -0.3 is 9.84 Å². The van der Waals surface area contributed by atoms with E-state index >= 15 is 0 Å². The van der Waals surface area contributed by atoms with E-state index in [2.05, 4.69) is 6.92 Å². The minimum Gasteiger partial charge on any atom is -0.396 e. The van der Waals surface area contributed by atoms with Crippen molar-refractivity contribution in [1.82, 2.24) is 0 Å². The Hall–Kier alpha value is -0.930. The standard InChI is InChI=1S/C15H21FO2/c1-15(13-5-3-4-6-14(13)16)8-7-12(18-2)9-11(15)10-17/h3-6,11-12,17H,7-10H2,1-2H3/t11-,12?,15?/m0/s1. The highest BCUT2D eigenvalue weighted by molar-refractivity contribution is 5.28. The molecule has 100 valence electrons. The first kappa shape index (κ1) is 13.5. The van der Waals surface area contributed by atoms with Gasteiger partial charge in [0.15, 0.2) is 0 Å². The Kier molecular flexibility index (Phi) is 4.03. The molecular formula is C15H21FO2. The molecule has 0 radical (unpaired) electrons. The Labute approximate surface area is 108 Å². The van der Waals surface area contributed by atoms with Crippen LogP contribution in [-0.2, 0) is 10.2 Å². The third kappa shape index (κ3) is 2.29. The number of hydrogen-bond donors (Lipinski definition) is 1. The minimum absolute atomic E-state index is 0.0492. The second-order valence-corrected chi connectivity index (χ2v) is 5.41. The molecule has 1 aliphatic carbocycles. The van der Waals surface area contributed by atoms with Gasteiger partial charge in [-0.05, 0) is 36.8 Å². The Balaban J connectivity index is 2.32. The zero-order valence-electron chi connectivity index (χ0n) is 11.0. The quantitative estimate of drug-likeness (QED) is 0.896. The summed E-state index contributed by atoms with van der Waals surface area (Å²) >= 11 is 0. The highest BCUT2D eigenvalue weighted by Crippen LogP contribution is 2.44. The molecule has 3 atom stereocenters. The molecule has 1 aromatic carbocycles. The largest absolute Gasteiger partial charge is 0.396 e. The van der Waals surface area contributed by atoms with Gasteiger partial charge in [-0.15, -0.1) is 0 Å². The minimum atomic E-state index is -0.297. The molecule has 0 spiro atoms. The van der Waals surface area contributed by atoms with E-state index in [4.69, 9.17) is 4.74 Å². The molecule has 0 heterocycles. The predicted octanol–water partition coefficient (Wildman–Crippen LogP) is 2.89. The van der Waals surface area contributed by atoms with Gasteiger partial charge in [0.05, 0.1) is 6.10 Å². The average molecular weight is 252 g/mol. The van der Waals surface area contributed by atoms with Gasteiger partial charge in [0.2, 0.25) is 0 Å². The van der Waals surface area contributed by atoms with Crippen molar-refractivity contribution in [3.63, 3.8) is 0 Å². The van der Waals surface area contributed by atoms with Gasteiger partial charge in [-0.25, -0.2) is 4.39 Å². The molecule has 0 aliphatic heterocycles. The third-order valence-corrected chi connectivity index (χ3v) is 4.48. The van der Waals surface area contributed by atoms with Crippen LogP contribution in [0.25, 0.3) is 0 Å². The van der Waals surface area contributed by atoms with Crippen LogP contribution in [-0.4, -0.2) is 24.9 Å². The summed E-state index contributed by atoms with van der Waals surface area (Å²) in [6.07, 6.45) is 2.73. The van der Waals surface area contributed by atoms with E-state index < -0.39 is 0 Å². The Morgan fingerprint density at radius 3 is 2.78 bits per heavy atom. The first-order chi connectivity index (χ1) is 8.61. The van der Waals surface area contributed by atoms with Gasteiger partial charge in [-0.2, -0.15) is 0 Å². The van der Waals surface area contributed by atoms with Crippen LogP contribution in [0.1, 0.15) is 31.7 Å². The van der Waals surface area contributed by atoms with Crippen molar-refractivity contribution >= 4 is 0 Å². The van der Waals surface area contributed by atoms with Gasteiger partial charge >= 0.3 is 0 Å². The fourth-order valence-electron chi connectivity index (χ4n) is 3.13. The van der Waals surface area contributed by atoms with Crippen LogP contribution in [0.4, 0.5) is 4.39 Å². The van der Waals surface area contributed by atoms with Crippen molar-refractivity contribution in [2.75, 3.05) is 13.7 Å². The number of ether oxygens (including phenoxy) is 1. The molecule has 1 aliphatic rings. The fourth-order valence-corrected chi connectivity index (χ4v) is 3.13. The summed E-state index contributed by atoms with van der Waals surface area (Å²) < 4.78 is 19.4. The summed E-state index contributed by atoms with van der Waals surface area (Å²) in [5, 5.41) is 9.61. The van der Waals surface area contributed by atoms with Gasteiger partial charge in [0.25, 0.3) is 0 Å². The van der Waals surface area contributed by atoms with Crippen LogP contribution in [0.2, 0.25) is 0 Å². The summed E-state index contributed by atoms with van der Waals surface area (Å²) in [5.41, 5.74) is 0.424. The monoisotopic (exact) mass is 252 g/mol. The maximum Gasteiger partial charge on any atom is 0.126 e. The molecule has 2 nitrogen and oxygen atoms in total. The SMILES string of the molecule is COC1CCC(C)(c2ccccc2F)[C@H](CO)C1. The molecule has 0 aromatic heterocycles. The number of benzene rings is 1. The lowest BCUT2D eigenvalue weighted by molar-refractivity contribution is 0.000884. The van der Waals surface area contributed by atoms with Crippen LogP contribution in [0.3, 0.4) is 0 Å². The normalized spacial score (nSPS) is 32.4. The zero-order valence-corrected chi connectivity index (χ0v) is 11.0. The zero-order chi connectivity index (χ0) is 13.2. The van der Waals surface area contributed by atoms with Crippen LogP contribution < -0.4 is 0 Å². The molecule has 2 unspecified atom stereocenters. The number of hydrogen-bond acceptors (Lipinski definition) is 2. The number of aliphatic hydroxyl groups excluding tert-OH is 1. The van der Waals surface area contributed by atoms with E-state index in [-0.39, 0.29) is 29.9 Å². The molecule has 18 heavy (non-hydrogen) atoms. The Bertz CT molecular complexity index is 407. The van der Waals surface area contributed by atoms with Crippen LogP contribution in [0, 0.1) is 11.7 Å². The smallest absolute Gasteiger partial charge is 0.126 e. The average Bonchev–Trinajstić information content (AvgIpc) is 2.39. The van der Waals surface area contributed by atoms with Gasteiger partial charge in [-0.3, -0.25) is 0 Å². The first-order valence-corrected chi connectivity index (χ1v) is 6.50. The second kappa shape index (κ2) is 5.37. The Morgan fingerprint density at radius 1 is 1.44 bits per heavy atom. The molecule has 1 saturated carbocycles. The topological polar surface area (TPSA) is 29.5 Å². The highest BCUT2D eigenvalue weighted by Gasteiger charge is 2.42. The maximum absolute atomic E-state index is 14.0. The molecule has 2 rings (SSSR count).